The van der Waals surface area contributed by atoms with Gasteiger partial charge < -0.3 is 14.3 Å². The molecule has 2 aromatic heterocycles. The Hall–Kier alpha value is -6.84. The van der Waals surface area contributed by atoms with Crippen LogP contribution < -0.4 is 4.90 Å². The van der Waals surface area contributed by atoms with Gasteiger partial charge in [0.2, 0.25) is 0 Å². The number of H-pyrrole nitrogens is 1. The van der Waals surface area contributed by atoms with E-state index in [4.69, 9.17) is 4.42 Å². The van der Waals surface area contributed by atoms with E-state index in [0.717, 1.165) is 67.6 Å². The first-order valence-electron chi connectivity index (χ1n) is 19.7. The molecule has 3 heteroatoms. The normalized spacial score (nSPS) is 12.2. The summed E-state index contributed by atoms with van der Waals surface area (Å²) in [5, 5.41) is 4.67. The molecule has 2 heterocycles. The summed E-state index contributed by atoms with van der Waals surface area (Å²) in [4.78, 5) is 6.28. The fraction of sp³-hybridized carbons (Fsp3) is 0.0943. The van der Waals surface area contributed by atoms with Crippen molar-refractivity contribution in [3.8, 4) is 33.4 Å². The van der Waals surface area contributed by atoms with E-state index < -0.39 is 0 Å². The summed E-state index contributed by atoms with van der Waals surface area (Å²) in [6.07, 6.45) is 1.09. The van der Waals surface area contributed by atoms with Gasteiger partial charge >= 0.3 is 0 Å². The molecular weight excluding hydrogens is 681 g/mol. The maximum absolute atomic E-state index is 6.15. The van der Waals surface area contributed by atoms with Crippen LogP contribution in [-0.4, -0.2) is 4.98 Å². The average Bonchev–Trinajstić information content (AvgIpc) is 3.83. The number of anilines is 3. The van der Waals surface area contributed by atoms with Crippen molar-refractivity contribution in [2.24, 2.45) is 0 Å². The van der Waals surface area contributed by atoms with Gasteiger partial charge in [-0.1, -0.05) is 135 Å². The molecule has 1 unspecified atom stereocenters. The Bertz CT molecular complexity index is 3040. The van der Waals surface area contributed by atoms with Crippen LogP contribution in [0.3, 0.4) is 0 Å². The standard InChI is InChI=1S/C53H42N2O/c1-4-34(2)41-16-8-9-17-43(41)46-33-40(26-22-35(46)3)55(39-27-23-36(24-28-39)38-25-31-51-47(32-38)44-18-11-13-21-50(44)56-51)49-30-29-42(37-14-6-5-7-15-37)53-52(49)45-19-10-12-20-48(45)54-53/h5-34,54H,4H2,1-3H3. The number of hydrogen-bond donors (Lipinski definition) is 1. The van der Waals surface area contributed by atoms with E-state index >= 15 is 0 Å². The van der Waals surface area contributed by atoms with Crippen molar-refractivity contribution in [1.82, 2.24) is 4.98 Å². The number of nitrogens with zero attached hydrogens (tertiary/aromatic N) is 1. The predicted octanol–water partition coefficient (Wildman–Crippen LogP) is 15.5. The molecule has 0 aliphatic carbocycles. The van der Waals surface area contributed by atoms with Gasteiger partial charge in [0, 0.05) is 44.0 Å². The monoisotopic (exact) mass is 722 g/mol. The highest BCUT2D eigenvalue weighted by molar-refractivity contribution is 6.19. The van der Waals surface area contributed by atoms with Crippen LogP contribution in [0, 0.1) is 6.92 Å². The first kappa shape index (κ1) is 33.7. The van der Waals surface area contributed by atoms with E-state index in [-0.39, 0.29) is 0 Å². The molecule has 1 atom stereocenters. The minimum atomic E-state index is 0.452. The van der Waals surface area contributed by atoms with Crippen LogP contribution in [-0.2, 0) is 0 Å². The molecule has 10 aromatic rings. The molecule has 8 aromatic carbocycles. The number of furan rings is 1. The number of aryl methyl sites for hydroxylation is 1. The molecule has 10 rings (SSSR count). The zero-order chi connectivity index (χ0) is 37.8. The largest absolute Gasteiger partial charge is 0.456 e. The minimum Gasteiger partial charge on any atom is -0.456 e. The molecule has 0 bridgehead atoms. The molecule has 0 saturated carbocycles. The Morgan fingerprint density at radius 3 is 2.07 bits per heavy atom. The molecule has 0 aliphatic heterocycles. The lowest BCUT2D eigenvalue weighted by molar-refractivity contribution is 0.669. The van der Waals surface area contributed by atoms with E-state index in [9.17, 15) is 0 Å². The number of rotatable bonds is 8. The van der Waals surface area contributed by atoms with Crippen LogP contribution in [0.2, 0.25) is 0 Å². The fourth-order valence-corrected chi connectivity index (χ4v) is 8.55. The molecule has 0 aliphatic rings. The van der Waals surface area contributed by atoms with E-state index in [1.165, 1.54) is 44.2 Å². The number of aromatic nitrogens is 1. The van der Waals surface area contributed by atoms with Gasteiger partial charge in [0.1, 0.15) is 11.2 Å². The summed E-state index contributed by atoms with van der Waals surface area (Å²) in [6, 6.07) is 63.7. The highest BCUT2D eigenvalue weighted by Gasteiger charge is 2.22. The minimum absolute atomic E-state index is 0.452. The predicted molar refractivity (Wildman–Crippen MR) is 238 cm³/mol. The Morgan fingerprint density at radius 1 is 0.536 bits per heavy atom. The second-order valence-electron chi connectivity index (χ2n) is 15.0. The number of para-hydroxylation sites is 2. The van der Waals surface area contributed by atoms with Gasteiger partial charge in [0.15, 0.2) is 0 Å². The molecule has 1 N–H and O–H groups in total. The second-order valence-corrected chi connectivity index (χ2v) is 15.0. The second kappa shape index (κ2) is 13.8. The molecule has 270 valence electrons. The van der Waals surface area contributed by atoms with E-state index in [0.29, 0.717) is 5.92 Å². The van der Waals surface area contributed by atoms with Gasteiger partial charge in [-0.15, -0.1) is 0 Å². The summed E-state index contributed by atoms with van der Waals surface area (Å²) in [5.74, 6) is 0.452. The highest BCUT2D eigenvalue weighted by atomic mass is 16.3. The van der Waals surface area contributed by atoms with Gasteiger partial charge in [-0.2, -0.15) is 0 Å². The van der Waals surface area contributed by atoms with Crippen molar-refractivity contribution >= 4 is 60.8 Å². The third kappa shape index (κ3) is 5.67. The summed E-state index contributed by atoms with van der Waals surface area (Å²) in [6.45, 7) is 6.84. The van der Waals surface area contributed by atoms with Crippen LogP contribution in [0.15, 0.2) is 180 Å². The number of aromatic amines is 1. The SMILES string of the molecule is CCC(C)c1ccccc1-c1cc(N(c2ccc(-c3ccc4oc5ccccc5c4c3)cc2)c2ccc(-c3ccccc3)c3[nH]c4ccccc4c23)ccc1C. The fourth-order valence-electron chi connectivity index (χ4n) is 8.55. The van der Waals surface area contributed by atoms with Crippen LogP contribution in [0.5, 0.6) is 0 Å². The zero-order valence-electron chi connectivity index (χ0n) is 31.9. The van der Waals surface area contributed by atoms with Crippen molar-refractivity contribution in [1.29, 1.82) is 0 Å². The van der Waals surface area contributed by atoms with Crippen LogP contribution >= 0.6 is 0 Å². The van der Waals surface area contributed by atoms with Crippen molar-refractivity contribution in [3.63, 3.8) is 0 Å². The lowest BCUT2D eigenvalue weighted by atomic mass is 9.88. The lowest BCUT2D eigenvalue weighted by Crippen LogP contribution is -2.11. The van der Waals surface area contributed by atoms with E-state index in [2.05, 4.69) is 194 Å². The zero-order valence-corrected chi connectivity index (χ0v) is 31.9. The maximum atomic E-state index is 6.15. The molecule has 0 spiro atoms. The lowest BCUT2D eigenvalue weighted by Gasteiger charge is -2.28. The quantitative estimate of drug-likeness (QED) is 0.169. The Kier molecular flexibility index (Phi) is 8.30. The number of hydrogen-bond acceptors (Lipinski definition) is 2. The van der Waals surface area contributed by atoms with Gasteiger partial charge in [-0.25, -0.2) is 0 Å². The topological polar surface area (TPSA) is 32.2 Å². The van der Waals surface area contributed by atoms with Gasteiger partial charge in [0.05, 0.1) is 11.2 Å². The molecule has 0 fully saturated rings. The maximum Gasteiger partial charge on any atom is 0.135 e. The molecule has 56 heavy (non-hydrogen) atoms. The van der Waals surface area contributed by atoms with Crippen molar-refractivity contribution in [3.05, 3.63) is 187 Å². The first-order valence-corrected chi connectivity index (χ1v) is 19.7. The Morgan fingerprint density at radius 2 is 1.23 bits per heavy atom. The van der Waals surface area contributed by atoms with E-state index in [1.54, 1.807) is 0 Å². The van der Waals surface area contributed by atoms with Crippen LogP contribution in [0.25, 0.3) is 77.1 Å². The van der Waals surface area contributed by atoms with Gasteiger partial charge in [-0.3, -0.25) is 0 Å². The number of benzene rings is 8. The third-order valence-electron chi connectivity index (χ3n) is 11.7. The molecule has 3 nitrogen and oxygen atoms in total. The van der Waals surface area contributed by atoms with Crippen molar-refractivity contribution in [2.75, 3.05) is 4.90 Å². The molecule has 0 radical (unpaired) electrons. The van der Waals surface area contributed by atoms with Gasteiger partial charge in [-0.05, 0) is 113 Å². The van der Waals surface area contributed by atoms with Crippen molar-refractivity contribution < 1.29 is 4.42 Å². The molecular formula is C53H42N2O. The first-order chi connectivity index (χ1) is 27.6. The summed E-state index contributed by atoms with van der Waals surface area (Å²) in [5.41, 5.74) is 17.3. The summed E-state index contributed by atoms with van der Waals surface area (Å²) < 4.78 is 6.15. The number of nitrogens with one attached hydrogen (secondary N) is 1. The summed E-state index contributed by atoms with van der Waals surface area (Å²) >= 11 is 0. The van der Waals surface area contributed by atoms with Crippen LogP contribution in [0.1, 0.15) is 37.3 Å². The summed E-state index contributed by atoms with van der Waals surface area (Å²) in [7, 11) is 0. The Balaban J connectivity index is 1.18. The number of fused-ring (bicyclic) bond motifs is 6. The smallest absolute Gasteiger partial charge is 0.135 e. The van der Waals surface area contributed by atoms with Crippen molar-refractivity contribution in [2.45, 2.75) is 33.1 Å². The molecule has 0 saturated heterocycles. The third-order valence-corrected chi connectivity index (χ3v) is 11.7. The average molecular weight is 723 g/mol. The highest BCUT2D eigenvalue weighted by Crippen LogP contribution is 2.46. The van der Waals surface area contributed by atoms with Crippen LogP contribution in [0.4, 0.5) is 17.1 Å². The Labute approximate surface area is 327 Å². The van der Waals surface area contributed by atoms with Gasteiger partial charge in [0.25, 0.3) is 0 Å². The van der Waals surface area contributed by atoms with E-state index in [1.807, 2.05) is 12.1 Å². The molecule has 0 amide bonds.